The highest BCUT2D eigenvalue weighted by atomic mass is 35.5. The average Bonchev–Trinajstić information content (AvgIpc) is 3.25. The Morgan fingerprint density at radius 2 is 1.68 bits per heavy atom. The van der Waals surface area contributed by atoms with E-state index in [-0.39, 0.29) is 28.2 Å². The predicted molar refractivity (Wildman–Crippen MR) is 147 cm³/mol. The molecule has 1 fully saturated rings. The van der Waals surface area contributed by atoms with Gasteiger partial charge in [-0.15, -0.1) is 0 Å². The van der Waals surface area contributed by atoms with Gasteiger partial charge in [0.15, 0.2) is 0 Å². The normalized spacial score (nSPS) is 22.1. The van der Waals surface area contributed by atoms with E-state index in [0.29, 0.717) is 16.0 Å². The molecule has 1 aliphatic carbocycles. The van der Waals surface area contributed by atoms with Gasteiger partial charge in [0.05, 0.1) is 16.7 Å². The van der Waals surface area contributed by atoms with Gasteiger partial charge in [0.1, 0.15) is 5.02 Å². The molecule has 0 radical (unpaired) electrons. The number of hydrogen-bond acceptors (Lipinski definition) is 4. The number of rotatable bonds is 4. The van der Waals surface area contributed by atoms with E-state index in [9.17, 15) is 14.9 Å². The Hall–Kier alpha value is -3.19. The largest absolute Gasteiger partial charge is 0.288 e. The molecule has 1 aliphatic heterocycles. The van der Waals surface area contributed by atoms with Gasteiger partial charge in [0.25, 0.3) is 11.6 Å². The molecule has 0 N–H and O–H groups in total. The Kier molecular flexibility index (Phi) is 7.08. The molecule has 1 saturated carbocycles. The number of hydrazone groups is 1. The van der Waals surface area contributed by atoms with E-state index < -0.39 is 10.8 Å². The number of fused-ring (bicyclic) bond motifs is 1. The van der Waals surface area contributed by atoms with Crippen LogP contribution in [-0.4, -0.2) is 21.6 Å². The van der Waals surface area contributed by atoms with Crippen LogP contribution in [0.1, 0.15) is 47.3 Å². The molecular formula is C28H22Cl3N3O3. The van der Waals surface area contributed by atoms with Crippen LogP contribution >= 0.6 is 34.8 Å². The zero-order chi connectivity index (χ0) is 26.3. The van der Waals surface area contributed by atoms with Gasteiger partial charge in [-0.05, 0) is 77.9 Å². The van der Waals surface area contributed by atoms with Gasteiger partial charge in [0, 0.05) is 27.6 Å². The number of nitrogens with zero attached hydrogens (tertiary/aromatic N) is 3. The molecular weight excluding hydrogens is 533 g/mol. The van der Waals surface area contributed by atoms with Crippen molar-refractivity contribution in [3.63, 3.8) is 0 Å². The first kappa shape index (κ1) is 25.5. The van der Waals surface area contributed by atoms with Crippen LogP contribution in [0, 0.1) is 22.0 Å². The van der Waals surface area contributed by atoms with Crippen LogP contribution in [0.4, 0.5) is 5.69 Å². The van der Waals surface area contributed by atoms with Crippen LogP contribution in [0.15, 0.2) is 77.4 Å². The van der Waals surface area contributed by atoms with Crippen LogP contribution < -0.4 is 0 Å². The Labute approximate surface area is 229 Å². The minimum Gasteiger partial charge on any atom is -0.267 e. The highest BCUT2D eigenvalue weighted by Gasteiger charge is 2.45. The molecule has 3 aromatic rings. The topological polar surface area (TPSA) is 75.8 Å². The fourth-order valence-corrected chi connectivity index (χ4v) is 5.57. The maximum absolute atomic E-state index is 13.8. The molecule has 37 heavy (non-hydrogen) atoms. The number of allylic oxidation sites excluding steroid dienone is 1. The molecule has 6 nitrogen and oxygen atoms in total. The van der Waals surface area contributed by atoms with Crippen LogP contribution in [0.5, 0.6) is 0 Å². The van der Waals surface area contributed by atoms with E-state index in [0.717, 1.165) is 35.3 Å². The second-order valence-electron chi connectivity index (χ2n) is 9.43. The second kappa shape index (κ2) is 10.3. The van der Waals surface area contributed by atoms with Gasteiger partial charge >= 0.3 is 0 Å². The van der Waals surface area contributed by atoms with Crippen LogP contribution in [-0.2, 0) is 0 Å². The summed E-state index contributed by atoms with van der Waals surface area (Å²) in [5.41, 5.74) is 3.62. The van der Waals surface area contributed by atoms with Crippen molar-refractivity contribution < 1.29 is 9.72 Å². The highest BCUT2D eigenvalue weighted by molar-refractivity contribution is 6.32. The van der Waals surface area contributed by atoms with Crippen molar-refractivity contribution in [2.45, 2.75) is 25.8 Å². The monoisotopic (exact) mass is 553 g/mol. The lowest BCUT2D eigenvalue weighted by molar-refractivity contribution is -0.384. The molecule has 0 unspecified atom stereocenters. The summed E-state index contributed by atoms with van der Waals surface area (Å²) in [6, 6.07) is 18.7. The summed E-state index contributed by atoms with van der Waals surface area (Å²) in [5, 5.41) is 19.0. The van der Waals surface area contributed by atoms with Crippen molar-refractivity contribution in [3.8, 4) is 0 Å². The molecule has 3 atom stereocenters. The van der Waals surface area contributed by atoms with Crippen molar-refractivity contribution >= 4 is 58.2 Å². The summed E-state index contributed by atoms with van der Waals surface area (Å²) in [5.74, 6) is -0.112. The fourth-order valence-electron chi connectivity index (χ4n) is 5.13. The first-order chi connectivity index (χ1) is 17.7. The van der Waals surface area contributed by atoms with Gasteiger partial charge in [-0.2, -0.15) is 5.10 Å². The van der Waals surface area contributed by atoms with Gasteiger partial charge in [-0.25, -0.2) is 5.01 Å². The minimum absolute atomic E-state index is 0.0285. The number of carbonyl (C=O) groups is 1. The molecule has 3 aromatic carbocycles. The first-order valence-corrected chi connectivity index (χ1v) is 12.9. The summed E-state index contributed by atoms with van der Waals surface area (Å²) in [4.78, 5) is 24.7. The second-order valence-corrected chi connectivity index (χ2v) is 10.7. The zero-order valence-corrected chi connectivity index (χ0v) is 22.0. The molecule has 9 heteroatoms. The highest BCUT2D eigenvalue weighted by Crippen LogP contribution is 2.47. The van der Waals surface area contributed by atoms with Gasteiger partial charge in [0.2, 0.25) is 0 Å². The summed E-state index contributed by atoms with van der Waals surface area (Å²) < 4.78 is 0. The van der Waals surface area contributed by atoms with Crippen LogP contribution in [0.2, 0.25) is 15.1 Å². The third kappa shape index (κ3) is 5.14. The predicted octanol–water partition coefficient (Wildman–Crippen LogP) is 8.24. The number of amides is 1. The fraction of sp³-hybridized carbons (Fsp3) is 0.214. The van der Waals surface area contributed by atoms with Crippen LogP contribution in [0.3, 0.4) is 0 Å². The number of nitro benzene ring substituents is 1. The summed E-state index contributed by atoms with van der Waals surface area (Å²) >= 11 is 18.2. The lowest BCUT2D eigenvalue weighted by atomic mass is 9.73. The number of benzene rings is 3. The van der Waals surface area contributed by atoms with E-state index in [1.165, 1.54) is 23.2 Å². The van der Waals surface area contributed by atoms with Crippen molar-refractivity contribution in [2.24, 2.45) is 16.9 Å². The summed E-state index contributed by atoms with van der Waals surface area (Å²) in [6.07, 6.45) is 3.76. The maximum atomic E-state index is 13.8. The van der Waals surface area contributed by atoms with Gasteiger partial charge < -0.3 is 0 Å². The number of nitro groups is 1. The molecule has 0 saturated heterocycles. The SMILES string of the molecule is C[C@@H]1C/C(=C\c2ccc(Cl)cc2)C2=NN(C(=O)c3ccc(Cl)c([N+](=O)[O-])c3)[C@@H](c3ccc(Cl)cc3)[C@H]2C1. The van der Waals surface area contributed by atoms with Crippen molar-refractivity contribution in [1.29, 1.82) is 0 Å². The first-order valence-electron chi connectivity index (χ1n) is 11.8. The summed E-state index contributed by atoms with van der Waals surface area (Å²) in [7, 11) is 0. The van der Waals surface area contributed by atoms with E-state index in [2.05, 4.69) is 13.0 Å². The third-order valence-corrected chi connectivity index (χ3v) is 7.61. The van der Waals surface area contributed by atoms with Crippen molar-refractivity contribution in [2.75, 3.05) is 0 Å². The molecule has 1 heterocycles. The molecule has 0 aromatic heterocycles. The van der Waals surface area contributed by atoms with E-state index in [1.54, 1.807) is 12.1 Å². The van der Waals surface area contributed by atoms with Gasteiger partial charge in [-0.3, -0.25) is 14.9 Å². The van der Waals surface area contributed by atoms with Crippen molar-refractivity contribution in [3.05, 3.63) is 114 Å². The van der Waals surface area contributed by atoms with Crippen molar-refractivity contribution in [1.82, 2.24) is 5.01 Å². The minimum atomic E-state index is -0.597. The van der Waals surface area contributed by atoms with Gasteiger partial charge in [-0.1, -0.05) is 66.0 Å². The Bertz CT molecular complexity index is 1440. The average molecular weight is 555 g/mol. The smallest absolute Gasteiger partial charge is 0.267 e. The molecule has 0 bridgehead atoms. The molecule has 5 rings (SSSR count). The van der Waals surface area contributed by atoms with E-state index >= 15 is 0 Å². The summed E-state index contributed by atoms with van der Waals surface area (Å²) in [6.45, 7) is 2.19. The van der Waals surface area contributed by atoms with E-state index in [4.69, 9.17) is 39.9 Å². The Morgan fingerprint density at radius 3 is 2.32 bits per heavy atom. The lowest BCUT2D eigenvalue weighted by Crippen LogP contribution is -2.33. The number of carbonyl (C=O) groups excluding carboxylic acids is 1. The zero-order valence-electron chi connectivity index (χ0n) is 19.8. The Morgan fingerprint density at radius 1 is 1.03 bits per heavy atom. The number of halogens is 3. The molecule has 0 spiro atoms. The Balaban J connectivity index is 1.61. The standard InChI is InChI=1S/C28H22Cl3N3O3/c1-16-12-20(14-17-2-7-21(29)8-3-17)26-23(13-16)27(18-4-9-22(30)10-5-18)33(32-26)28(35)19-6-11-24(31)25(15-19)34(36)37/h2-11,14-16,23,27H,12-13H2,1H3/b20-14+/t16-,23+,27+/m1/s1. The van der Waals surface area contributed by atoms with E-state index in [1.807, 2.05) is 36.4 Å². The van der Waals surface area contributed by atoms with Crippen LogP contribution in [0.25, 0.3) is 6.08 Å². The lowest BCUT2D eigenvalue weighted by Gasteiger charge is -2.32. The number of hydrogen-bond donors (Lipinski definition) is 0. The molecule has 1 amide bonds. The molecule has 188 valence electrons. The maximum Gasteiger partial charge on any atom is 0.288 e. The molecule has 2 aliphatic rings. The third-order valence-electron chi connectivity index (χ3n) is 6.79. The quantitative estimate of drug-likeness (QED) is 0.241.